The van der Waals surface area contributed by atoms with Crippen LogP contribution in [-0.4, -0.2) is 34.7 Å². The third kappa shape index (κ3) is 5.03. The van der Waals surface area contributed by atoms with Gasteiger partial charge < -0.3 is 18.9 Å². The highest BCUT2D eigenvalue weighted by molar-refractivity contribution is 5.84. The van der Waals surface area contributed by atoms with Gasteiger partial charge in [-0.05, 0) is 35.9 Å². The minimum atomic E-state index is -0.562. The molecule has 204 valence electrons. The van der Waals surface area contributed by atoms with Crippen LogP contribution in [0.5, 0.6) is 23.0 Å². The normalized spacial score (nSPS) is 12.1. The zero-order valence-corrected chi connectivity index (χ0v) is 21.7. The van der Waals surface area contributed by atoms with Crippen molar-refractivity contribution in [2.75, 3.05) is 13.9 Å². The van der Waals surface area contributed by atoms with Crippen molar-refractivity contribution in [1.82, 2.24) is 9.66 Å². The first kappa shape index (κ1) is 25.6. The van der Waals surface area contributed by atoms with Crippen LogP contribution in [0.3, 0.4) is 0 Å². The van der Waals surface area contributed by atoms with Crippen molar-refractivity contribution in [3.05, 3.63) is 117 Å². The number of hydrogen-bond donors (Lipinski definition) is 0. The SMILES string of the molecule is COc1cc(C=Nn2c(-c3ccccc3)nc3ccccc3c2=O)cc([N+](=O)[O-])c1OCc1ccc2c(c1)OCO2. The topological polar surface area (TPSA) is 127 Å². The number of nitrogens with zero attached hydrogens (tertiary/aromatic N) is 4. The highest BCUT2D eigenvalue weighted by atomic mass is 16.7. The van der Waals surface area contributed by atoms with Crippen LogP contribution in [0.4, 0.5) is 5.69 Å². The second-order valence-corrected chi connectivity index (χ2v) is 8.98. The number of nitro benzene ring substituents is 1. The summed E-state index contributed by atoms with van der Waals surface area (Å²) in [7, 11) is 1.39. The molecule has 6 rings (SSSR count). The molecule has 4 aromatic carbocycles. The molecule has 0 fully saturated rings. The number of methoxy groups -OCH3 is 1. The van der Waals surface area contributed by atoms with Gasteiger partial charge in [-0.1, -0.05) is 48.5 Å². The van der Waals surface area contributed by atoms with Crippen molar-refractivity contribution in [2.45, 2.75) is 6.61 Å². The largest absolute Gasteiger partial charge is 0.493 e. The first-order valence-electron chi connectivity index (χ1n) is 12.5. The average Bonchev–Trinajstić information content (AvgIpc) is 3.48. The Morgan fingerprint density at radius 1 is 1.02 bits per heavy atom. The molecule has 0 unspecified atom stereocenters. The summed E-state index contributed by atoms with van der Waals surface area (Å²) in [6.07, 6.45) is 1.35. The lowest BCUT2D eigenvalue weighted by molar-refractivity contribution is -0.386. The molecule has 2 heterocycles. The zero-order chi connectivity index (χ0) is 28.3. The Morgan fingerprint density at radius 3 is 2.61 bits per heavy atom. The van der Waals surface area contributed by atoms with Crippen molar-refractivity contribution >= 4 is 22.8 Å². The van der Waals surface area contributed by atoms with Crippen molar-refractivity contribution in [1.29, 1.82) is 0 Å². The van der Waals surface area contributed by atoms with E-state index in [0.717, 1.165) is 5.56 Å². The minimum absolute atomic E-state index is 0.0276. The Labute approximate surface area is 233 Å². The second-order valence-electron chi connectivity index (χ2n) is 8.98. The number of nitro groups is 1. The van der Waals surface area contributed by atoms with E-state index in [-0.39, 0.29) is 36.1 Å². The molecule has 0 amide bonds. The van der Waals surface area contributed by atoms with Crippen molar-refractivity contribution < 1.29 is 23.9 Å². The molecule has 0 saturated heterocycles. The highest BCUT2D eigenvalue weighted by Crippen LogP contribution is 2.39. The fourth-order valence-electron chi connectivity index (χ4n) is 4.43. The van der Waals surface area contributed by atoms with Gasteiger partial charge in [0.15, 0.2) is 23.1 Å². The van der Waals surface area contributed by atoms with Gasteiger partial charge in [-0.25, -0.2) is 4.98 Å². The van der Waals surface area contributed by atoms with Crippen LogP contribution in [-0.2, 0) is 6.61 Å². The first-order chi connectivity index (χ1) is 20.0. The molecule has 0 saturated carbocycles. The number of benzene rings is 4. The van der Waals surface area contributed by atoms with E-state index in [0.29, 0.717) is 39.4 Å². The van der Waals surface area contributed by atoms with Crippen molar-refractivity contribution in [3.63, 3.8) is 0 Å². The predicted molar refractivity (Wildman–Crippen MR) is 151 cm³/mol. The van der Waals surface area contributed by atoms with Gasteiger partial charge in [0.1, 0.15) is 6.61 Å². The predicted octanol–water partition coefficient (Wildman–Crippen LogP) is 5.17. The molecule has 0 spiro atoms. The molecule has 41 heavy (non-hydrogen) atoms. The van der Waals surface area contributed by atoms with Crippen LogP contribution in [0.25, 0.3) is 22.3 Å². The molecule has 0 atom stereocenters. The van der Waals surface area contributed by atoms with Crippen LogP contribution >= 0.6 is 0 Å². The van der Waals surface area contributed by atoms with Gasteiger partial charge in [0.2, 0.25) is 12.5 Å². The van der Waals surface area contributed by atoms with E-state index in [1.54, 1.807) is 48.5 Å². The summed E-state index contributed by atoms with van der Waals surface area (Å²) in [5.74, 6) is 1.62. The smallest absolute Gasteiger partial charge is 0.315 e. The molecule has 1 aliphatic rings. The Balaban J connectivity index is 1.37. The molecule has 11 nitrogen and oxygen atoms in total. The monoisotopic (exact) mass is 550 g/mol. The molecule has 0 bridgehead atoms. The van der Waals surface area contributed by atoms with E-state index in [1.165, 1.54) is 24.1 Å². The van der Waals surface area contributed by atoms with Crippen LogP contribution in [0.15, 0.2) is 94.8 Å². The molecule has 5 aromatic rings. The molecule has 0 N–H and O–H groups in total. The number of para-hydroxylation sites is 1. The number of rotatable bonds is 8. The number of fused-ring (bicyclic) bond motifs is 2. The lowest BCUT2D eigenvalue weighted by Gasteiger charge is -2.12. The van der Waals surface area contributed by atoms with E-state index in [2.05, 4.69) is 10.1 Å². The third-order valence-corrected chi connectivity index (χ3v) is 6.40. The average molecular weight is 551 g/mol. The fraction of sp³-hybridized carbons (Fsp3) is 0.100. The standard InChI is InChI=1S/C30H22N4O7/c1-38-27-15-20(13-24(34(36)37)28(27)39-17-19-11-12-25-26(14-19)41-18-40-25)16-31-33-29(21-7-3-2-4-8-21)32-23-10-6-5-9-22(23)30(33)35/h2-16H,17-18H2,1H3. The van der Waals surface area contributed by atoms with Crippen LogP contribution < -0.4 is 24.5 Å². The Bertz CT molecular complexity index is 1870. The number of hydrogen-bond acceptors (Lipinski definition) is 9. The number of aromatic nitrogens is 2. The quantitative estimate of drug-likeness (QED) is 0.147. The summed E-state index contributed by atoms with van der Waals surface area (Å²) in [5.41, 5.74) is 1.57. The van der Waals surface area contributed by atoms with E-state index in [1.807, 2.05) is 30.3 Å². The van der Waals surface area contributed by atoms with E-state index in [4.69, 9.17) is 18.9 Å². The molecule has 0 radical (unpaired) electrons. The van der Waals surface area contributed by atoms with Gasteiger partial charge in [-0.2, -0.15) is 9.78 Å². The Morgan fingerprint density at radius 2 is 1.80 bits per heavy atom. The molecular weight excluding hydrogens is 528 g/mol. The minimum Gasteiger partial charge on any atom is -0.493 e. The maximum absolute atomic E-state index is 13.4. The van der Waals surface area contributed by atoms with E-state index >= 15 is 0 Å². The summed E-state index contributed by atoms with van der Waals surface area (Å²) in [5, 5.41) is 16.8. The van der Waals surface area contributed by atoms with Crippen LogP contribution in [0.1, 0.15) is 11.1 Å². The van der Waals surface area contributed by atoms with Gasteiger partial charge in [0, 0.05) is 17.2 Å². The number of ether oxygens (including phenoxy) is 4. The van der Waals surface area contributed by atoms with Gasteiger partial charge >= 0.3 is 5.69 Å². The maximum Gasteiger partial charge on any atom is 0.315 e. The summed E-state index contributed by atoms with van der Waals surface area (Å²) in [6.45, 7) is 0.163. The lowest BCUT2D eigenvalue weighted by Crippen LogP contribution is -2.20. The zero-order valence-electron chi connectivity index (χ0n) is 21.7. The molecular formula is C30H22N4O7. The summed E-state index contributed by atoms with van der Waals surface area (Å²) in [4.78, 5) is 29.6. The fourth-order valence-corrected chi connectivity index (χ4v) is 4.43. The molecule has 1 aromatic heterocycles. The van der Waals surface area contributed by atoms with E-state index < -0.39 is 4.92 Å². The van der Waals surface area contributed by atoms with Crippen molar-refractivity contribution in [2.24, 2.45) is 5.10 Å². The summed E-state index contributed by atoms with van der Waals surface area (Å²) < 4.78 is 23.2. The first-order valence-corrected chi connectivity index (χ1v) is 12.5. The van der Waals surface area contributed by atoms with Crippen LogP contribution in [0.2, 0.25) is 0 Å². The van der Waals surface area contributed by atoms with Gasteiger partial charge in [0.05, 0.1) is 29.2 Å². The highest BCUT2D eigenvalue weighted by Gasteiger charge is 2.23. The maximum atomic E-state index is 13.4. The van der Waals surface area contributed by atoms with E-state index in [9.17, 15) is 14.9 Å². The Kier molecular flexibility index (Phi) is 6.74. The van der Waals surface area contributed by atoms with Gasteiger partial charge in [-0.3, -0.25) is 14.9 Å². The lowest BCUT2D eigenvalue weighted by atomic mass is 10.1. The summed E-state index contributed by atoms with van der Waals surface area (Å²) >= 11 is 0. The molecule has 1 aliphatic heterocycles. The van der Waals surface area contributed by atoms with Crippen LogP contribution in [0, 0.1) is 10.1 Å². The third-order valence-electron chi connectivity index (χ3n) is 6.40. The molecule has 11 heteroatoms. The van der Waals surface area contributed by atoms with Crippen molar-refractivity contribution in [3.8, 4) is 34.4 Å². The summed E-state index contributed by atoms with van der Waals surface area (Å²) in [6, 6.07) is 24.3. The molecule has 0 aliphatic carbocycles. The van der Waals surface area contributed by atoms with Gasteiger partial charge in [0.25, 0.3) is 5.56 Å². The second kappa shape index (κ2) is 10.8. The Hall–Kier alpha value is -5.71. The van der Waals surface area contributed by atoms with Gasteiger partial charge in [-0.15, -0.1) is 0 Å².